The third kappa shape index (κ3) is 3.03. The molecule has 4 heteroatoms. The van der Waals surface area contributed by atoms with E-state index in [4.69, 9.17) is 5.84 Å². The molecule has 1 aromatic heterocycles. The fraction of sp³-hybridized carbons (Fsp3) is 0.267. The normalized spacial score (nSPS) is 10.3. The second kappa shape index (κ2) is 6.20. The van der Waals surface area contributed by atoms with E-state index in [0.717, 1.165) is 24.5 Å². The van der Waals surface area contributed by atoms with Gasteiger partial charge < -0.3 is 10.3 Å². The van der Waals surface area contributed by atoms with Crippen LogP contribution < -0.4 is 16.2 Å². The van der Waals surface area contributed by atoms with Crippen molar-refractivity contribution in [3.05, 3.63) is 53.7 Å². The van der Waals surface area contributed by atoms with Crippen LogP contribution in [0.5, 0.6) is 0 Å². The first-order chi connectivity index (χ1) is 9.26. The van der Waals surface area contributed by atoms with Gasteiger partial charge in [-0.2, -0.15) is 0 Å². The molecule has 0 aliphatic carbocycles. The van der Waals surface area contributed by atoms with E-state index in [-0.39, 0.29) is 0 Å². The molecule has 0 saturated heterocycles. The first-order valence-electron chi connectivity index (χ1n) is 6.47. The van der Waals surface area contributed by atoms with E-state index < -0.39 is 0 Å². The van der Waals surface area contributed by atoms with Crippen LogP contribution in [0.4, 0.5) is 11.5 Å². The second-order valence-electron chi connectivity index (χ2n) is 4.46. The number of benzene rings is 1. The largest absolute Gasteiger partial charge is 0.367 e. The van der Waals surface area contributed by atoms with Gasteiger partial charge in [0.2, 0.25) is 0 Å². The molecule has 0 unspecified atom stereocenters. The SMILES string of the molecule is CCN(Cc1cccnc1NN)c1ccccc1C. The maximum Gasteiger partial charge on any atom is 0.144 e. The van der Waals surface area contributed by atoms with E-state index in [1.807, 2.05) is 12.1 Å². The number of nitrogens with two attached hydrogens (primary N) is 1. The molecular formula is C15H20N4. The summed E-state index contributed by atoms with van der Waals surface area (Å²) in [5.74, 6) is 6.24. The summed E-state index contributed by atoms with van der Waals surface area (Å²) in [6, 6.07) is 12.4. The number of rotatable bonds is 5. The highest BCUT2D eigenvalue weighted by atomic mass is 15.3. The number of hydrogen-bond acceptors (Lipinski definition) is 4. The van der Waals surface area contributed by atoms with Crippen LogP contribution in [0.15, 0.2) is 42.6 Å². The molecule has 0 radical (unpaired) electrons. The van der Waals surface area contributed by atoms with Crippen LogP contribution in [0.3, 0.4) is 0 Å². The number of hydrogen-bond donors (Lipinski definition) is 2. The number of nitrogens with zero attached hydrogens (tertiary/aromatic N) is 2. The lowest BCUT2D eigenvalue weighted by molar-refractivity contribution is 0.825. The van der Waals surface area contributed by atoms with Gasteiger partial charge in [-0.25, -0.2) is 10.8 Å². The molecule has 0 aliphatic heterocycles. The monoisotopic (exact) mass is 256 g/mol. The van der Waals surface area contributed by atoms with Gasteiger partial charge in [0.25, 0.3) is 0 Å². The number of aryl methyl sites for hydroxylation is 1. The van der Waals surface area contributed by atoms with Gasteiger partial charge in [0, 0.05) is 30.5 Å². The van der Waals surface area contributed by atoms with Crippen LogP contribution in [0.1, 0.15) is 18.1 Å². The van der Waals surface area contributed by atoms with Gasteiger partial charge in [-0.05, 0) is 31.5 Å². The van der Waals surface area contributed by atoms with Crippen LogP contribution >= 0.6 is 0 Å². The molecule has 0 atom stereocenters. The van der Waals surface area contributed by atoms with E-state index in [0.29, 0.717) is 0 Å². The summed E-state index contributed by atoms with van der Waals surface area (Å²) in [5.41, 5.74) is 6.27. The topological polar surface area (TPSA) is 54.2 Å². The third-order valence-electron chi connectivity index (χ3n) is 3.23. The Kier molecular flexibility index (Phi) is 4.36. The van der Waals surface area contributed by atoms with E-state index in [1.165, 1.54) is 11.3 Å². The summed E-state index contributed by atoms with van der Waals surface area (Å²) in [5, 5.41) is 0. The van der Waals surface area contributed by atoms with E-state index in [1.54, 1.807) is 6.20 Å². The number of nitrogens with one attached hydrogen (secondary N) is 1. The van der Waals surface area contributed by atoms with Crippen molar-refractivity contribution in [3.8, 4) is 0 Å². The van der Waals surface area contributed by atoms with Crippen LogP contribution in [0, 0.1) is 6.92 Å². The highest BCUT2D eigenvalue weighted by Crippen LogP contribution is 2.22. The van der Waals surface area contributed by atoms with Crippen LogP contribution in [0.2, 0.25) is 0 Å². The Morgan fingerprint density at radius 1 is 1.21 bits per heavy atom. The average molecular weight is 256 g/mol. The molecule has 100 valence electrons. The summed E-state index contributed by atoms with van der Waals surface area (Å²) >= 11 is 0. The van der Waals surface area contributed by atoms with Crippen LogP contribution in [-0.4, -0.2) is 11.5 Å². The molecular weight excluding hydrogens is 236 g/mol. The van der Waals surface area contributed by atoms with Crippen molar-refractivity contribution in [2.24, 2.45) is 5.84 Å². The fourth-order valence-corrected chi connectivity index (χ4v) is 2.19. The summed E-state index contributed by atoms with van der Waals surface area (Å²) < 4.78 is 0. The van der Waals surface area contributed by atoms with Crippen LogP contribution in [-0.2, 0) is 6.54 Å². The number of para-hydroxylation sites is 1. The number of pyridine rings is 1. The molecule has 4 nitrogen and oxygen atoms in total. The van der Waals surface area contributed by atoms with Crippen molar-refractivity contribution in [3.63, 3.8) is 0 Å². The van der Waals surface area contributed by atoms with Crippen LogP contribution in [0.25, 0.3) is 0 Å². The predicted molar refractivity (Wildman–Crippen MR) is 80.0 cm³/mol. The Hall–Kier alpha value is -2.07. The van der Waals surface area contributed by atoms with Gasteiger partial charge in [0.15, 0.2) is 0 Å². The quantitative estimate of drug-likeness (QED) is 0.638. The number of aromatic nitrogens is 1. The zero-order valence-corrected chi connectivity index (χ0v) is 11.4. The highest BCUT2D eigenvalue weighted by Gasteiger charge is 2.10. The highest BCUT2D eigenvalue weighted by molar-refractivity contribution is 5.55. The molecule has 1 aromatic carbocycles. The first kappa shape index (κ1) is 13.4. The van der Waals surface area contributed by atoms with Crippen molar-refractivity contribution in [1.82, 2.24) is 4.98 Å². The number of hydrazine groups is 1. The molecule has 1 heterocycles. The smallest absolute Gasteiger partial charge is 0.144 e. The molecule has 0 fully saturated rings. The minimum Gasteiger partial charge on any atom is -0.367 e. The number of nitrogen functional groups attached to an aromatic ring is 1. The molecule has 2 aromatic rings. The summed E-state index contributed by atoms with van der Waals surface area (Å²) in [6.45, 7) is 6.00. The summed E-state index contributed by atoms with van der Waals surface area (Å²) in [4.78, 5) is 6.55. The zero-order chi connectivity index (χ0) is 13.7. The molecule has 0 saturated carbocycles. The zero-order valence-electron chi connectivity index (χ0n) is 11.4. The van der Waals surface area contributed by atoms with Crippen molar-refractivity contribution in [2.45, 2.75) is 20.4 Å². The van der Waals surface area contributed by atoms with Gasteiger partial charge in [-0.1, -0.05) is 24.3 Å². The third-order valence-corrected chi connectivity index (χ3v) is 3.23. The van der Waals surface area contributed by atoms with Gasteiger partial charge in [-0.3, -0.25) is 0 Å². The Bertz CT molecular complexity index is 539. The van der Waals surface area contributed by atoms with Crippen molar-refractivity contribution < 1.29 is 0 Å². The van der Waals surface area contributed by atoms with Gasteiger partial charge in [-0.15, -0.1) is 0 Å². The Balaban J connectivity index is 2.27. The Morgan fingerprint density at radius 2 is 2.00 bits per heavy atom. The molecule has 0 spiro atoms. The summed E-state index contributed by atoms with van der Waals surface area (Å²) in [6.07, 6.45) is 1.74. The van der Waals surface area contributed by atoms with Crippen molar-refractivity contribution in [1.29, 1.82) is 0 Å². The van der Waals surface area contributed by atoms with Gasteiger partial charge in [0.05, 0.1) is 0 Å². The maximum absolute atomic E-state index is 5.51. The van der Waals surface area contributed by atoms with E-state index in [9.17, 15) is 0 Å². The van der Waals surface area contributed by atoms with Crippen molar-refractivity contribution in [2.75, 3.05) is 16.9 Å². The lowest BCUT2D eigenvalue weighted by Crippen LogP contribution is -2.24. The minimum atomic E-state index is 0.731. The summed E-state index contributed by atoms with van der Waals surface area (Å²) in [7, 11) is 0. The fourth-order valence-electron chi connectivity index (χ4n) is 2.19. The first-order valence-corrected chi connectivity index (χ1v) is 6.47. The lowest BCUT2D eigenvalue weighted by atomic mass is 10.1. The molecule has 0 amide bonds. The average Bonchev–Trinajstić information content (AvgIpc) is 2.46. The van der Waals surface area contributed by atoms with Gasteiger partial charge in [0.1, 0.15) is 5.82 Å². The van der Waals surface area contributed by atoms with Crippen molar-refractivity contribution >= 4 is 11.5 Å². The maximum atomic E-state index is 5.51. The number of anilines is 2. The van der Waals surface area contributed by atoms with E-state index >= 15 is 0 Å². The molecule has 0 bridgehead atoms. The van der Waals surface area contributed by atoms with Gasteiger partial charge >= 0.3 is 0 Å². The molecule has 19 heavy (non-hydrogen) atoms. The minimum absolute atomic E-state index is 0.731. The van der Waals surface area contributed by atoms with E-state index in [2.05, 4.69) is 53.4 Å². The Labute approximate surface area is 114 Å². The lowest BCUT2D eigenvalue weighted by Gasteiger charge is -2.25. The standard InChI is InChI=1S/C15H20N4/c1-3-19(14-9-5-4-7-12(14)2)11-13-8-6-10-17-15(13)18-16/h4-10H,3,11,16H2,1-2H3,(H,17,18). The predicted octanol–water partition coefficient (Wildman–Crippen LogP) is 2.70. The Morgan fingerprint density at radius 3 is 2.68 bits per heavy atom. The molecule has 3 N–H and O–H groups in total. The molecule has 2 rings (SSSR count). The second-order valence-corrected chi connectivity index (χ2v) is 4.46. The molecule has 0 aliphatic rings.